The van der Waals surface area contributed by atoms with Gasteiger partial charge in [-0.05, 0) is 73.1 Å². The van der Waals surface area contributed by atoms with E-state index in [4.69, 9.17) is 17.3 Å². The van der Waals surface area contributed by atoms with Gasteiger partial charge in [0.25, 0.3) is 0 Å². The Labute approximate surface area is 133 Å². The van der Waals surface area contributed by atoms with E-state index >= 15 is 0 Å². The van der Waals surface area contributed by atoms with Crippen LogP contribution in [0.3, 0.4) is 0 Å². The molecule has 0 unspecified atom stereocenters. The first kappa shape index (κ1) is 16.8. The summed E-state index contributed by atoms with van der Waals surface area (Å²) in [5.74, 6) is 0.434. The van der Waals surface area contributed by atoms with E-state index < -0.39 is 0 Å². The molecule has 1 aromatic rings. The van der Waals surface area contributed by atoms with Crippen molar-refractivity contribution < 1.29 is 4.39 Å². The Kier molecular flexibility index (Phi) is 4.99. The van der Waals surface area contributed by atoms with Gasteiger partial charge >= 0.3 is 0 Å². The molecule has 1 nitrogen and oxygen atoms in total. The molecule has 1 aliphatic rings. The van der Waals surface area contributed by atoms with E-state index in [0.29, 0.717) is 12.0 Å². The molecule has 0 atom stereocenters. The van der Waals surface area contributed by atoms with Gasteiger partial charge in [-0.15, -0.1) is 0 Å². The number of rotatable bonds is 3. The van der Waals surface area contributed by atoms with E-state index in [1.807, 2.05) is 6.07 Å². The molecule has 0 amide bonds. The highest BCUT2D eigenvalue weighted by Gasteiger charge is 2.37. The molecule has 1 saturated carbocycles. The minimum absolute atomic E-state index is 0.127. The summed E-state index contributed by atoms with van der Waals surface area (Å²) in [6.07, 6.45) is 5.56. The summed E-state index contributed by atoms with van der Waals surface area (Å²) in [7, 11) is 0. The van der Waals surface area contributed by atoms with Gasteiger partial charge in [-0.25, -0.2) is 4.39 Å². The fourth-order valence-corrected chi connectivity index (χ4v) is 3.75. The van der Waals surface area contributed by atoms with E-state index in [1.165, 1.54) is 12.8 Å². The van der Waals surface area contributed by atoms with Crippen LogP contribution >= 0.6 is 11.6 Å². The minimum Gasteiger partial charge on any atom is -0.330 e. The van der Waals surface area contributed by atoms with Gasteiger partial charge in [-0.2, -0.15) is 0 Å². The van der Waals surface area contributed by atoms with Gasteiger partial charge in [0.15, 0.2) is 0 Å². The molecule has 1 aromatic carbocycles. The molecule has 2 rings (SSSR count). The van der Waals surface area contributed by atoms with Crippen molar-refractivity contribution in [2.45, 2.75) is 52.9 Å². The van der Waals surface area contributed by atoms with Crippen LogP contribution in [0.5, 0.6) is 0 Å². The zero-order chi connectivity index (χ0) is 15.7. The number of halogens is 2. The lowest BCUT2D eigenvalue weighted by molar-refractivity contribution is 0.0926. The molecule has 0 saturated heterocycles. The molecule has 1 aliphatic carbocycles. The number of hydrogen-bond acceptors (Lipinski definition) is 1. The second-order valence-corrected chi connectivity index (χ2v) is 8.18. The Morgan fingerprint density at radius 2 is 1.90 bits per heavy atom. The maximum Gasteiger partial charge on any atom is 0.142 e. The van der Waals surface area contributed by atoms with Crippen LogP contribution in [0.15, 0.2) is 18.2 Å². The smallest absolute Gasteiger partial charge is 0.142 e. The average molecular weight is 312 g/mol. The summed E-state index contributed by atoms with van der Waals surface area (Å²) < 4.78 is 13.6. The van der Waals surface area contributed by atoms with Gasteiger partial charge in [-0.1, -0.05) is 38.4 Å². The van der Waals surface area contributed by atoms with Crippen molar-refractivity contribution in [3.05, 3.63) is 34.6 Å². The van der Waals surface area contributed by atoms with Crippen LogP contribution in [0.2, 0.25) is 5.02 Å². The molecule has 0 heterocycles. The summed E-state index contributed by atoms with van der Waals surface area (Å²) in [5, 5.41) is 0.192. The molecule has 3 heteroatoms. The average Bonchev–Trinajstić information content (AvgIpc) is 2.42. The van der Waals surface area contributed by atoms with Crippen molar-refractivity contribution in [1.29, 1.82) is 0 Å². The van der Waals surface area contributed by atoms with Crippen LogP contribution in [0.4, 0.5) is 4.39 Å². The fourth-order valence-electron chi connectivity index (χ4n) is 3.63. The monoisotopic (exact) mass is 311 g/mol. The van der Waals surface area contributed by atoms with Crippen LogP contribution in [-0.2, 0) is 6.42 Å². The van der Waals surface area contributed by atoms with E-state index in [2.05, 4.69) is 20.8 Å². The SMILES string of the molecule is CC(C)(C)C1CCC(CN)(Cc2ccc(Cl)c(F)c2)CC1. The molecule has 0 aliphatic heterocycles. The highest BCUT2D eigenvalue weighted by atomic mass is 35.5. The predicted molar refractivity (Wildman–Crippen MR) is 88.0 cm³/mol. The summed E-state index contributed by atoms with van der Waals surface area (Å²) >= 11 is 5.76. The Balaban J connectivity index is 2.08. The number of hydrogen-bond donors (Lipinski definition) is 1. The van der Waals surface area contributed by atoms with Crippen molar-refractivity contribution in [1.82, 2.24) is 0 Å². The van der Waals surface area contributed by atoms with Gasteiger partial charge in [0, 0.05) is 0 Å². The normalized spacial score (nSPS) is 26.9. The zero-order valence-electron chi connectivity index (χ0n) is 13.4. The van der Waals surface area contributed by atoms with Crippen LogP contribution in [0.25, 0.3) is 0 Å². The standard InChI is InChI=1S/C18H27ClFN/c1-17(2,3)14-6-8-18(12-21,9-7-14)11-13-4-5-15(19)16(20)10-13/h4-5,10,14H,6-9,11-12,21H2,1-3H3. The fraction of sp³-hybridized carbons (Fsp3) is 0.667. The number of nitrogens with two attached hydrogens (primary N) is 1. The van der Waals surface area contributed by atoms with Crippen LogP contribution in [-0.4, -0.2) is 6.54 Å². The topological polar surface area (TPSA) is 26.0 Å². The molecular weight excluding hydrogens is 285 g/mol. The molecule has 0 aromatic heterocycles. The van der Waals surface area contributed by atoms with Crippen LogP contribution < -0.4 is 5.73 Å². The van der Waals surface area contributed by atoms with Gasteiger partial charge < -0.3 is 5.73 Å². The lowest BCUT2D eigenvalue weighted by Gasteiger charge is -2.44. The van der Waals surface area contributed by atoms with Crippen LogP contribution in [0.1, 0.15) is 52.0 Å². The molecule has 0 spiro atoms. The van der Waals surface area contributed by atoms with Crippen molar-refractivity contribution in [3.8, 4) is 0 Å². The van der Waals surface area contributed by atoms with E-state index in [0.717, 1.165) is 30.7 Å². The Bertz CT molecular complexity index is 484. The largest absolute Gasteiger partial charge is 0.330 e. The Morgan fingerprint density at radius 3 is 2.38 bits per heavy atom. The summed E-state index contributed by atoms with van der Waals surface area (Å²) in [6.45, 7) is 7.64. The van der Waals surface area contributed by atoms with Crippen molar-refractivity contribution in [3.63, 3.8) is 0 Å². The first-order valence-corrected chi connectivity index (χ1v) is 8.28. The van der Waals surface area contributed by atoms with E-state index in [1.54, 1.807) is 12.1 Å². The van der Waals surface area contributed by atoms with Crippen LogP contribution in [0, 0.1) is 22.6 Å². The van der Waals surface area contributed by atoms with E-state index in [-0.39, 0.29) is 16.3 Å². The maximum absolute atomic E-state index is 13.6. The number of benzene rings is 1. The van der Waals surface area contributed by atoms with Gasteiger partial charge in [-0.3, -0.25) is 0 Å². The van der Waals surface area contributed by atoms with Gasteiger partial charge in [0.2, 0.25) is 0 Å². The second kappa shape index (κ2) is 6.26. The minimum atomic E-state index is -0.329. The first-order valence-electron chi connectivity index (χ1n) is 7.90. The third kappa shape index (κ3) is 3.98. The predicted octanol–water partition coefficient (Wildman–Crippen LogP) is 5.20. The summed E-state index contributed by atoms with van der Waals surface area (Å²) in [4.78, 5) is 0. The lowest BCUT2D eigenvalue weighted by atomic mass is 9.62. The first-order chi connectivity index (χ1) is 9.76. The molecule has 0 radical (unpaired) electrons. The maximum atomic E-state index is 13.6. The molecule has 21 heavy (non-hydrogen) atoms. The van der Waals surface area contributed by atoms with Crippen molar-refractivity contribution >= 4 is 11.6 Å². The zero-order valence-corrected chi connectivity index (χ0v) is 14.1. The lowest BCUT2D eigenvalue weighted by Crippen LogP contribution is -2.39. The van der Waals surface area contributed by atoms with Gasteiger partial charge in [0.05, 0.1) is 5.02 Å². The molecule has 118 valence electrons. The van der Waals surface area contributed by atoms with E-state index in [9.17, 15) is 4.39 Å². The van der Waals surface area contributed by atoms with Crippen molar-refractivity contribution in [2.24, 2.45) is 22.5 Å². The molecule has 0 bridgehead atoms. The van der Waals surface area contributed by atoms with Crippen molar-refractivity contribution in [2.75, 3.05) is 6.54 Å². The molecule has 1 fully saturated rings. The summed E-state index contributed by atoms with van der Waals surface area (Å²) in [5.41, 5.74) is 7.59. The summed E-state index contributed by atoms with van der Waals surface area (Å²) in [6, 6.07) is 5.14. The Morgan fingerprint density at radius 1 is 1.29 bits per heavy atom. The highest BCUT2D eigenvalue weighted by molar-refractivity contribution is 6.30. The third-order valence-electron chi connectivity index (χ3n) is 5.27. The highest BCUT2D eigenvalue weighted by Crippen LogP contribution is 2.46. The second-order valence-electron chi connectivity index (χ2n) is 7.77. The van der Waals surface area contributed by atoms with Gasteiger partial charge in [0.1, 0.15) is 5.82 Å². The molecular formula is C18H27ClFN. The molecule has 2 N–H and O–H groups in total. The quantitative estimate of drug-likeness (QED) is 0.815. The Hall–Kier alpha value is -0.600. The third-order valence-corrected chi connectivity index (χ3v) is 5.57.